The van der Waals surface area contributed by atoms with E-state index in [9.17, 15) is 81.4 Å². The largest absolute Gasteiger partial charge is 0.481 e. The minimum Gasteiger partial charge on any atom is -0.481 e. The minimum absolute atomic E-state index is 0.0542. The van der Waals surface area contributed by atoms with Gasteiger partial charge in [-0.25, -0.2) is 0 Å². The van der Waals surface area contributed by atoms with Crippen molar-refractivity contribution < 1.29 is 124 Å². The highest BCUT2D eigenvalue weighted by Crippen LogP contribution is 2.76. The molecule has 0 spiro atoms. The van der Waals surface area contributed by atoms with Crippen LogP contribution in [-0.2, 0) is 47.5 Å². The molecule has 0 unspecified atom stereocenters. The van der Waals surface area contributed by atoms with Crippen molar-refractivity contribution >= 4 is 11.9 Å². The average molecular weight is 1140 g/mol. The zero-order valence-corrected chi connectivity index (χ0v) is 45.6. The Labute approximate surface area is 457 Å². The predicted octanol–water partition coefficient (Wildman–Crippen LogP) is -2.97. The van der Waals surface area contributed by atoms with Gasteiger partial charge in [-0.05, 0) is 111 Å². The third-order valence-corrected chi connectivity index (χ3v) is 21.5. The fourth-order valence-corrected chi connectivity index (χ4v) is 16.3. The number of hydrogen-bond donors (Lipinski definition) is 15. The molecule has 0 aromatic carbocycles. The van der Waals surface area contributed by atoms with Crippen LogP contribution < -0.4 is 0 Å². The fraction of sp³-hybridized carbons (Fsp3) is 0.926. The number of rotatable bonds is 13. The topological polar surface area (TPSA) is 411 Å². The van der Waals surface area contributed by atoms with Gasteiger partial charge in [-0.1, -0.05) is 46.3 Å². The molecule has 9 aliphatic rings. The van der Waals surface area contributed by atoms with Gasteiger partial charge < -0.3 is 114 Å². The molecule has 4 heterocycles. The first-order chi connectivity index (χ1) is 37.0. The van der Waals surface area contributed by atoms with E-state index < -0.39 is 200 Å². The lowest BCUT2D eigenvalue weighted by Gasteiger charge is -2.71. The van der Waals surface area contributed by atoms with Crippen LogP contribution in [0.4, 0.5) is 0 Å². The molecule has 4 aliphatic heterocycles. The molecule has 9 rings (SSSR count). The lowest BCUT2D eigenvalue weighted by atomic mass is 9.33. The monoisotopic (exact) mass is 1130 g/mol. The number of carboxylic acid groups (broad SMARTS) is 1. The van der Waals surface area contributed by atoms with Gasteiger partial charge in [-0.2, -0.15) is 0 Å². The summed E-state index contributed by atoms with van der Waals surface area (Å²) < 4.78 is 46.5. The average Bonchev–Trinajstić information content (AvgIpc) is 3.58. The molecule has 29 atom stereocenters. The van der Waals surface area contributed by atoms with Crippen LogP contribution in [0, 0.1) is 50.2 Å². The molecule has 452 valence electrons. The number of carbonyl (C=O) groups excluding carboxylic acids is 1. The first-order valence-corrected chi connectivity index (χ1v) is 28.0. The van der Waals surface area contributed by atoms with Gasteiger partial charge in [0.05, 0.1) is 43.4 Å². The number of ether oxygens (including phenoxy) is 8. The molecule has 15 N–H and O–H groups in total. The molecular formula is C54H86O25. The number of aliphatic hydroxyl groups is 14. The molecule has 25 heteroatoms. The Balaban J connectivity index is 0.920. The van der Waals surface area contributed by atoms with Crippen molar-refractivity contribution in [3.8, 4) is 0 Å². The van der Waals surface area contributed by atoms with E-state index in [0.717, 1.165) is 5.57 Å². The molecule has 4 saturated heterocycles. The lowest BCUT2D eigenvalue weighted by molar-refractivity contribution is -0.345. The Kier molecular flexibility index (Phi) is 17.4. The van der Waals surface area contributed by atoms with Crippen LogP contribution in [0.1, 0.15) is 106 Å². The quantitative estimate of drug-likeness (QED) is 0.0497. The summed E-state index contributed by atoms with van der Waals surface area (Å²) >= 11 is 0. The maximum Gasteiger partial charge on any atom is 0.315 e. The molecule has 4 saturated carbocycles. The van der Waals surface area contributed by atoms with Crippen molar-refractivity contribution in [3.63, 3.8) is 0 Å². The Morgan fingerprint density at radius 3 is 1.53 bits per heavy atom. The highest BCUT2D eigenvalue weighted by molar-refractivity contribution is 5.79. The highest BCUT2D eigenvalue weighted by atomic mass is 16.8. The van der Waals surface area contributed by atoms with Gasteiger partial charge in [0, 0.05) is 0 Å². The van der Waals surface area contributed by atoms with Crippen molar-refractivity contribution in [2.24, 2.45) is 50.2 Å². The van der Waals surface area contributed by atoms with E-state index in [1.807, 2.05) is 0 Å². The lowest BCUT2D eigenvalue weighted by Crippen LogP contribution is -2.68. The second-order valence-corrected chi connectivity index (χ2v) is 26.1. The maximum atomic E-state index is 15.1. The van der Waals surface area contributed by atoms with Gasteiger partial charge in [-0.3, -0.25) is 9.59 Å². The fourth-order valence-electron chi connectivity index (χ4n) is 16.3. The SMILES string of the molecule is CC1(C)CC[C@]2(C(=O)O[C@@H]3O[C@H](CO[C@@H]4O[C@H](CO)[C@@H](O)[C@H](O)[C@H]4O)[C@@H](O)[C@H](O)[C@H]3O)CC[C@]3(C)C(=CC[C@@H]4[C@@]5(C)CC[C@H](O[C@@H]6O[C@H](CO[C@@H]7O[C@H](CO)[C@@H](O)[C@H](O)[C@H]7O)[C@@H](O)[C@H](O)[C@H]6O)[C@@](C)(C(=O)O)[C@@H]5CC[C@]43C)[C@H]2C1. The van der Waals surface area contributed by atoms with Gasteiger partial charge >= 0.3 is 11.9 Å². The summed E-state index contributed by atoms with van der Waals surface area (Å²) in [5.74, 6) is -2.62. The number of carbonyl (C=O) groups is 2. The summed E-state index contributed by atoms with van der Waals surface area (Å²) in [6.45, 7) is 10.0. The predicted molar refractivity (Wildman–Crippen MR) is 265 cm³/mol. The van der Waals surface area contributed by atoms with Gasteiger partial charge in [0.25, 0.3) is 0 Å². The van der Waals surface area contributed by atoms with Crippen molar-refractivity contribution in [2.75, 3.05) is 26.4 Å². The number of fused-ring (bicyclic) bond motifs is 7. The number of esters is 1. The maximum absolute atomic E-state index is 15.1. The molecule has 25 nitrogen and oxygen atoms in total. The van der Waals surface area contributed by atoms with Crippen LogP contribution >= 0.6 is 0 Å². The van der Waals surface area contributed by atoms with Crippen LogP contribution in [0.15, 0.2) is 11.6 Å². The van der Waals surface area contributed by atoms with E-state index in [1.165, 1.54) is 0 Å². The normalized spacial score (nSPS) is 53.5. The van der Waals surface area contributed by atoms with E-state index in [0.29, 0.717) is 57.8 Å². The zero-order chi connectivity index (χ0) is 57.9. The van der Waals surface area contributed by atoms with Crippen molar-refractivity contribution in [1.82, 2.24) is 0 Å². The van der Waals surface area contributed by atoms with E-state index >= 15 is 4.79 Å². The third kappa shape index (κ3) is 10.1. The summed E-state index contributed by atoms with van der Waals surface area (Å²) in [5, 5.41) is 159. The van der Waals surface area contributed by atoms with E-state index in [1.54, 1.807) is 6.92 Å². The molecular weight excluding hydrogens is 1050 g/mol. The van der Waals surface area contributed by atoms with Crippen molar-refractivity contribution in [1.29, 1.82) is 0 Å². The number of carboxylic acids is 1. The molecule has 0 radical (unpaired) electrons. The summed E-state index contributed by atoms with van der Waals surface area (Å²) in [5.41, 5.74) is -3.23. The minimum atomic E-state index is -1.88. The molecule has 0 bridgehead atoms. The third-order valence-electron chi connectivity index (χ3n) is 21.5. The first kappa shape index (κ1) is 61.4. The Hall–Kier alpha value is -2.16. The number of hydrogen-bond acceptors (Lipinski definition) is 24. The Morgan fingerprint density at radius 2 is 1.01 bits per heavy atom. The molecule has 8 fully saturated rings. The van der Waals surface area contributed by atoms with E-state index in [2.05, 4.69) is 40.7 Å². The smallest absolute Gasteiger partial charge is 0.315 e. The summed E-state index contributed by atoms with van der Waals surface area (Å²) in [6, 6.07) is 0. The molecule has 0 amide bonds. The van der Waals surface area contributed by atoms with E-state index in [4.69, 9.17) is 37.9 Å². The number of allylic oxidation sites excluding steroid dienone is 2. The first-order valence-electron chi connectivity index (χ1n) is 28.0. The van der Waals surface area contributed by atoms with Crippen LogP contribution in [0.3, 0.4) is 0 Å². The van der Waals surface area contributed by atoms with Gasteiger partial charge in [0.15, 0.2) is 18.9 Å². The molecule has 5 aliphatic carbocycles. The molecule has 0 aromatic heterocycles. The summed E-state index contributed by atoms with van der Waals surface area (Å²) in [4.78, 5) is 28.9. The number of aliphatic carboxylic acids is 1. The molecule has 79 heavy (non-hydrogen) atoms. The van der Waals surface area contributed by atoms with Gasteiger partial charge in [0.1, 0.15) is 97.7 Å². The van der Waals surface area contributed by atoms with Gasteiger partial charge in [0.2, 0.25) is 6.29 Å². The molecule has 0 aromatic rings. The van der Waals surface area contributed by atoms with Gasteiger partial charge in [-0.15, -0.1) is 0 Å². The Morgan fingerprint density at radius 1 is 0.544 bits per heavy atom. The second kappa shape index (κ2) is 22.4. The summed E-state index contributed by atoms with van der Waals surface area (Å²) in [6.07, 6.45) is -27.1. The Bertz CT molecular complexity index is 2220. The zero-order valence-electron chi connectivity index (χ0n) is 45.6. The van der Waals surface area contributed by atoms with Crippen LogP contribution in [-0.4, -0.2) is 244 Å². The second-order valence-electron chi connectivity index (χ2n) is 26.1. The van der Waals surface area contributed by atoms with Crippen molar-refractivity contribution in [2.45, 2.75) is 235 Å². The van der Waals surface area contributed by atoms with Crippen LogP contribution in [0.2, 0.25) is 0 Å². The van der Waals surface area contributed by atoms with Crippen LogP contribution in [0.25, 0.3) is 0 Å². The van der Waals surface area contributed by atoms with Crippen molar-refractivity contribution in [3.05, 3.63) is 11.6 Å². The highest BCUT2D eigenvalue weighted by Gasteiger charge is 2.72. The standard InChI is InChI=1S/C54H86O25/c1-49(2)13-15-54(48(71)79-46-42(68)38(64)34(60)27(77-46)21-73-44-40(66)36(62)32(58)25(19-56)75-44)16-14-51(4)22(23(54)17-49)7-8-28-50(3)11-10-30(53(6,47(69)70)29(50)9-12-52(28,51)5)78-45-41(67)37(63)33(59)26(76-45)20-72-43-39(65)35(61)31(57)24(18-55)74-43/h7,23-46,55-68H,8-21H2,1-6H3,(H,69,70)/t23-,24-,25-,26-,27-,28-,29-,30+,31-,32-,33-,34-,35+,36+,37+,38+,39-,40-,41-,42-,43-,44-,45+,46+,50-,51-,52-,53+,54+/m1/s1. The summed E-state index contributed by atoms with van der Waals surface area (Å²) in [7, 11) is 0. The van der Waals surface area contributed by atoms with E-state index in [-0.39, 0.29) is 23.7 Å². The number of aliphatic hydroxyl groups excluding tert-OH is 14. The van der Waals surface area contributed by atoms with Crippen LogP contribution in [0.5, 0.6) is 0 Å².